The number of nitrogens with zero attached hydrogens (tertiary/aromatic N) is 2. The van der Waals surface area contributed by atoms with E-state index in [-0.39, 0.29) is 18.4 Å². The van der Waals surface area contributed by atoms with Crippen LogP contribution in [0.1, 0.15) is 13.8 Å². The molecular formula is C16H22N2O3S. The summed E-state index contributed by atoms with van der Waals surface area (Å²) < 4.78 is 5.15. The van der Waals surface area contributed by atoms with E-state index in [2.05, 4.69) is 0 Å². The third-order valence-electron chi connectivity index (χ3n) is 3.71. The molecule has 0 radical (unpaired) electrons. The summed E-state index contributed by atoms with van der Waals surface area (Å²) in [4.78, 5) is 28.1. The summed E-state index contributed by atoms with van der Waals surface area (Å²) >= 11 is 1.48. The number of ether oxygens (including phenoxy) is 1. The van der Waals surface area contributed by atoms with Crippen LogP contribution in [-0.4, -0.2) is 54.5 Å². The highest BCUT2D eigenvalue weighted by Crippen LogP contribution is 2.30. The van der Waals surface area contributed by atoms with Crippen molar-refractivity contribution < 1.29 is 14.3 Å². The minimum absolute atomic E-state index is 0.0169. The van der Waals surface area contributed by atoms with Crippen LogP contribution in [0.15, 0.2) is 24.3 Å². The highest BCUT2D eigenvalue weighted by Gasteiger charge is 2.40. The second kappa shape index (κ2) is 6.60. The zero-order chi connectivity index (χ0) is 16.3. The number of rotatable bonds is 4. The molecule has 0 N–H and O–H groups in total. The molecule has 0 spiro atoms. The molecule has 0 saturated carbocycles. The van der Waals surface area contributed by atoms with E-state index in [0.717, 1.165) is 11.4 Å². The fourth-order valence-electron chi connectivity index (χ4n) is 2.78. The number of carbonyl (C=O) groups excluding carboxylic acids is 2. The van der Waals surface area contributed by atoms with E-state index in [1.807, 2.05) is 44.4 Å². The van der Waals surface area contributed by atoms with Crippen molar-refractivity contribution >= 4 is 29.3 Å². The van der Waals surface area contributed by atoms with E-state index in [0.29, 0.717) is 12.3 Å². The number of piperazine rings is 1. The molecule has 0 aliphatic carbocycles. The molecule has 2 amide bonds. The van der Waals surface area contributed by atoms with Crippen LogP contribution in [0, 0.1) is 0 Å². The maximum absolute atomic E-state index is 12.6. The lowest BCUT2D eigenvalue weighted by Gasteiger charge is -2.46. The van der Waals surface area contributed by atoms with Gasteiger partial charge in [-0.05, 0) is 44.4 Å². The molecule has 0 unspecified atom stereocenters. The first-order valence-electron chi connectivity index (χ1n) is 7.13. The first-order valence-corrected chi connectivity index (χ1v) is 8.52. The summed E-state index contributed by atoms with van der Waals surface area (Å²) in [6.45, 7) is 4.63. The van der Waals surface area contributed by atoms with Crippen molar-refractivity contribution in [1.29, 1.82) is 0 Å². The summed E-state index contributed by atoms with van der Waals surface area (Å²) in [5.41, 5.74) is 0.380. The van der Waals surface area contributed by atoms with Crippen LogP contribution in [-0.2, 0) is 9.59 Å². The number of methoxy groups -OCH3 is 1. The largest absolute Gasteiger partial charge is 0.497 e. The van der Waals surface area contributed by atoms with Crippen LogP contribution >= 0.6 is 11.8 Å². The van der Waals surface area contributed by atoms with Crippen LogP contribution in [0.4, 0.5) is 5.69 Å². The third-order valence-corrected chi connectivity index (χ3v) is 4.25. The molecule has 1 aromatic rings. The molecule has 6 heteroatoms. The summed E-state index contributed by atoms with van der Waals surface area (Å²) in [7, 11) is 1.61. The Labute approximate surface area is 135 Å². The van der Waals surface area contributed by atoms with Gasteiger partial charge in [-0.3, -0.25) is 9.59 Å². The van der Waals surface area contributed by atoms with E-state index < -0.39 is 5.54 Å². The van der Waals surface area contributed by atoms with E-state index in [1.165, 1.54) is 11.8 Å². The normalized spacial score (nSPS) is 17.5. The molecule has 1 fully saturated rings. The predicted octanol–water partition coefficient (Wildman–Crippen LogP) is 2.01. The van der Waals surface area contributed by atoms with Gasteiger partial charge in [0.15, 0.2) is 0 Å². The average Bonchev–Trinajstić information content (AvgIpc) is 2.46. The van der Waals surface area contributed by atoms with Crippen LogP contribution in [0.25, 0.3) is 0 Å². The summed E-state index contributed by atoms with van der Waals surface area (Å²) in [6, 6.07) is 7.42. The Bertz CT molecular complexity index is 557. The number of amides is 2. The molecule has 0 bridgehead atoms. The molecular weight excluding hydrogens is 300 g/mol. The summed E-state index contributed by atoms with van der Waals surface area (Å²) in [6.07, 6.45) is 1.89. The quantitative estimate of drug-likeness (QED) is 0.851. The smallest absolute Gasteiger partial charge is 0.247 e. The number of hydrogen-bond acceptors (Lipinski definition) is 4. The Morgan fingerprint density at radius 3 is 2.45 bits per heavy atom. The zero-order valence-corrected chi connectivity index (χ0v) is 14.3. The van der Waals surface area contributed by atoms with E-state index >= 15 is 0 Å². The summed E-state index contributed by atoms with van der Waals surface area (Å²) in [5.74, 6) is 1.12. The van der Waals surface area contributed by atoms with Crippen LogP contribution in [0.5, 0.6) is 5.75 Å². The Hall–Kier alpha value is -1.69. The van der Waals surface area contributed by atoms with Gasteiger partial charge in [0.1, 0.15) is 12.3 Å². The fourth-order valence-corrected chi connectivity index (χ4v) is 3.21. The lowest BCUT2D eigenvalue weighted by Crippen LogP contribution is -2.63. The molecule has 1 saturated heterocycles. The minimum Gasteiger partial charge on any atom is -0.497 e. The van der Waals surface area contributed by atoms with E-state index in [9.17, 15) is 9.59 Å². The first kappa shape index (κ1) is 16.7. The van der Waals surface area contributed by atoms with Crippen molar-refractivity contribution in [2.45, 2.75) is 19.4 Å². The van der Waals surface area contributed by atoms with Gasteiger partial charge >= 0.3 is 0 Å². The standard InChI is InChI=1S/C16H22N2O3S/c1-16(2)11-17(15(20)10-22-4)9-14(19)18(16)12-5-7-13(21-3)8-6-12/h5-8H,9-11H2,1-4H3. The van der Waals surface area contributed by atoms with Gasteiger partial charge in [0, 0.05) is 12.2 Å². The maximum atomic E-state index is 12.6. The Morgan fingerprint density at radius 1 is 1.32 bits per heavy atom. The highest BCUT2D eigenvalue weighted by molar-refractivity contribution is 7.99. The SMILES string of the molecule is COc1ccc(N2C(=O)CN(C(=O)CSC)CC2(C)C)cc1. The number of benzene rings is 1. The van der Waals surface area contributed by atoms with Gasteiger partial charge in [-0.1, -0.05) is 0 Å². The summed E-state index contributed by atoms with van der Waals surface area (Å²) in [5, 5.41) is 0. The second-order valence-corrected chi connectivity index (χ2v) is 6.79. The van der Waals surface area contributed by atoms with Gasteiger partial charge in [-0.15, -0.1) is 0 Å². The molecule has 0 atom stereocenters. The molecule has 1 aliphatic heterocycles. The van der Waals surface area contributed by atoms with Crippen molar-refractivity contribution in [3.8, 4) is 5.75 Å². The topological polar surface area (TPSA) is 49.9 Å². The lowest BCUT2D eigenvalue weighted by atomic mass is 9.97. The van der Waals surface area contributed by atoms with Crippen molar-refractivity contribution in [2.75, 3.05) is 37.1 Å². The van der Waals surface area contributed by atoms with Gasteiger partial charge in [0.2, 0.25) is 11.8 Å². The Morgan fingerprint density at radius 2 is 1.95 bits per heavy atom. The van der Waals surface area contributed by atoms with Crippen molar-refractivity contribution in [2.24, 2.45) is 0 Å². The average molecular weight is 322 g/mol. The highest BCUT2D eigenvalue weighted by atomic mass is 32.2. The maximum Gasteiger partial charge on any atom is 0.247 e. The Kier molecular flexibility index (Phi) is 5.01. The number of carbonyl (C=O) groups is 2. The van der Waals surface area contributed by atoms with Crippen LogP contribution in [0.2, 0.25) is 0 Å². The predicted molar refractivity (Wildman–Crippen MR) is 89.5 cm³/mol. The number of hydrogen-bond donors (Lipinski definition) is 0. The van der Waals surface area contributed by atoms with Crippen molar-refractivity contribution in [1.82, 2.24) is 4.90 Å². The van der Waals surface area contributed by atoms with Gasteiger partial charge in [-0.2, -0.15) is 11.8 Å². The van der Waals surface area contributed by atoms with Gasteiger partial charge in [-0.25, -0.2) is 0 Å². The Balaban J connectivity index is 2.23. The molecule has 1 aliphatic rings. The lowest BCUT2D eigenvalue weighted by molar-refractivity contribution is -0.137. The molecule has 22 heavy (non-hydrogen) atoms. The third kappa shape index (κ3) is 3.38. The molecule has 120 valence electrons. The first-order chi connectivity index (χ1) is 10.4. The molecule has 1 heterocycles. The van der Waals surface area contributed by atoms with E-state index in [4.69, 9.17) is 4.74 Å². The molecule has 0 aromatic heterocycles. The molecule has 2 rings (SSSR count). The fraction of sp³-hybridized carbons (Fsp3) is 0.500. The van der Waals surface area contributed by atoms with Crippen molar-refractivity contribution in [3.63, 3.8) is 0 Å². The minimum atomic E-state index is -0.446. The van der Waals surface area contributed by atoms with Gasteiger partial charge < -0.3 is 14.5 Å². The van der Waals surface area contributed by atoms with E-state index in [1.54, 1.807) is 16.9 Å². The molecule has 5 nitrogen and oxygen atoms in total. The molecule has 1 aromatic carbocycles. The van der Waals surface area contributed by atoms with Crippen LogP contribution < -0.4 is 9.64 Å². The number of anilines is 1. The van der Waals surface area contributed by atoms with Gasteiger partial charge in [0.25, 0.3) is 0 Å². The second-order valence-electron chi connectivity index (χ2n) is 5.92. The van der Waals surface area contributed by atoms with Crippen molar-refractivity contribution in [3.05, 3.63) is 24.3 Å². The van der Waals surface area contributed by atoms with Gasteiger partial charge in [0.05, 0.1) is 18.4 Å². The number of thioether (sulfide) groups is 1. The monoisotopic (exact) mass is 322 g/mol. The zero-order valence-electron chi connectivity index (χ0n) is 13.5. The van der Waals surface area contributed by atoms with Crippen LogP contribution in [0.3, 0.4) is 0 Å².